The molecule has 1 heterocycles. The highest BCUT2D eigenvalue weighted by Crippen LogP contribution is 2.23. The Morgan fingerprint density at radius 2 is 2.12 bits per heavy atom. The van der Waals surface area contributed by atoms with Crippen LogP contribution < -0.4 is 0 Å². The highest BCUT2D eigenvalue weighted by atomic mass is 79.9. The summed E-state index contributed by atoms with van der Waals surface area (Å²) in [6, 6.07) is 9.01. The summed E-state index contributed by atoms with van der Waals surface area (Å²) in [5.41, 5.74) is 0.582. The van der Waals surface area contributed by atoms with Crippen molar-refractivity contribution in [2.45, 2.75) is 30.4 Å². The second kappa shape index (κ2) is 6.17. The molecule has 0 N–H and O–H groups in total. The van der Waals surface area contributed by atoms with Gasteiger partial charge in [-0.3, -0.25) is 0 Å². The fraction of sp³-hybridized carbons (Fsp3) is 0.462. The molecule has 0 saturated carbocycles. The summed E-state index contributed by atoms with van der Waals surface area (Å²) in [6.07, 6.45) is 3.08. The van der Waals surface area contributed by atoms with E-state index in [2.05, 4.69) is 15.9 Å². The van der Waals surface area contributed by atoms with Crippen LogP contribution in [0.5, 0.6) is 0 Å². The molecule has 2 rings (SSSR count). The SMILES string of the molecule is O=C(OCC1CCCC(Br)O1)c1ccccc1. The van der Waals surface area contributed by atoms with Gasteiger partial charge in [0.15, 0.2) is 0 Å². The van der Waals surface area contributed by atoms with E-state index in [9.17, 15) is 4.79 Å². The number of hydrogen-bond acceptors (Lipinski definition) is 3. The van der Waals surface area contributed by atoms with E-state index in [1.165, 1.54) is 0 Å². The van der Waals surface area contributed by atoms with Gasteiger partial charge in [0.25, 0.3) is 0 Å². The van der Waals surface area contributed by atoms with Crippen molar-refractivity contribution in [1.82, 2.24) is 0 Å². The molecular formula is C13H15BrO3. The van der Waals surface area contributed by atoms with Crippen molar-refractivity contribution in [3.05, 3.63) is 35.9 Å². The zero-order chi connectivity index (χ0) is 12.1. The third-order valence-electron chi connectivity index (χ3n) is 2.71. The van der Waals surface area contributed by atoms with Crippen LogP contribution in [0.15, 0.2) is 30.3 Å². The normalized spacial score (nSPS) is 24.3. The second-order valence-electron chi connectivity index (χ2n) is 4.06. The summed E-state index contributed by atoms with van der Waals surface area (Å²) < 4.78 is 10.8. The standard InChI is InChI=1S/C13H15BrO3/c14-12-8-4-7-11(17-12)9-16-13(15)10-5-2-1-3-6-10/h1-3,5-6,11-12H,4,7-9H2. The van der Waals surface area contributed by atoms with E-state index < -0.39 is 0 Å². The first kappa shape index (κ1) is 12.6. The molecule has 92 valence electrons. The van der Waals surface area contributed by atoms with E-state index in [1.807, 2.05) is 18.2 Å². The van der Waals surface area contributed by atoms with Crippen LogP contribution in [-0.4, -0.2) is 23.7 Å². The Morgan fingerprint density at radius 1 is 1.35 bits per heavy atom. The van der Waals surface area contributed by atoms with E-state index in [4.69, 9.17) is 9.47 Å². The van der Waals surface area contributed by atoms with Gasteiger partial charge < -0.3 is 9.47 Å². The number of ether oxygens (including phenoxy) is 2. The molecule has 1 aromatic carbocycles. The Hall–Kier alpha value is -0.870. The Balaban J connectivity index is 1.80. The number of carbonyl (C=O) groups is 1. The number of benzene rings is 1. The van der Waals surface area contributed by atoms with Gasteiger partial charge in [0.1, 0.15) is 11.6 Å². The molecule has 1 aliphatic rings. The number of esters is 1. The summed E-state index contributed by atoms with van der Waals surface area (Å²) >= 11 is 3.42. The van der Waals surface area contributed by atoms with Gasteiger partial charge >= 0.3 is 5.97 Å². The molecule has 0 bridgehead atoms. The minimum atomic E-state index is -0.286. The van der Waals surface area contributed by atoms with Crippen molar-refractivity contribution in [2.75, 3.05) is 6.61 Å². The van der Waals surface area contributed by atoms with Crippen LogP contribution in [0.1, 0.15) is 29.6 Å². The Kier molecular flexibility index (Phi) is 4.57. The zero-order valence-electron chi connectivity index (χ0n) is 9.47. The molecule has 0 aliphatic carbocycles. The number of carbonyl (C=O) groups excluding carboxylic acids is 1. The van der Waals surface area contributed by atoms with E-state index in [1.54, 1.807) is 12.1 Å². The summed E-state index contributed by atoms with van der Waals surface area (Å²) in [6.45, 7) is 0.329. The van der Waals surface area contributed by atoms with Crippen LogP contribution in [0.3, 0.4) is 0 Å². The van der Waals surface area contributed by atoms with Crippen LogP contribution in [-0.2, 0) is 9.47 Å². The number of halogens is 1. The number of hydrogen-bond donors (Lipinski definition) is 0. The van der Waals surface area contributed by atoms with Gasteiger partial charge in [-0.25, -0.2) is 4.79 Å². The lowest BCUT2D eigenvalue weighted by Crippen LogP contribution is -2.29. The van der Waals surface area contributed by atoms with Gasteiger partial charge in [-0.2, -0.15) is 0 Å². The van der Waals surface area contributed by atoms with Crippen LogP contribution in [0.2, 0.25) is 0 Å². The minimum Gasteiger partial charge on any atom is -0.459 e. The first-order chi connectivity index (χ1) is 8.25. The smallest absolute Gasteiger partial charge is 0.338 e. The van der Waals surface area contributed by atoms with Crippen molar-refractivity contribution in [2.24, 2.45) is 0 Å². The second-order valence-corrected chi connectivity index (χ2v) is 5.08. The molecule has 2 atom stereocenters. The predicted octanol–water partition coefficient (Wildman–Crippen LogP) is 3.13. The Bertz CT molecular complexity index is 366. The van der Waals surface area contributed by atoms with Crippen LogP contribution in [0, 0.1) is 0 Å². The third-order valence-corrected chi connectivity index (χ3v) is 3.38. The lowest BCUT2D eigenvalue weighted by atomic mass is 10.1. The molecule has 2 unspecified atom stereocenters. The third kappa shape index (κ3) is 3.82. The zero-order valence-corrected chi connectivity index (χ0v) is 11.1. The molecule has 4 heteroatoms. The maximum Gasteiger partial charge on any atom is 0.338 e. The maximum absolute atomic E-state index is 11.7. The molecule has 0 amide bonds. The van der Waals surface area contributed by atoms with Crippen molar-refractivity contribution in [3.8, 4) is 0 Å². The van der Waals surface area contributed by atoms with E-state index in [-0.39, 0.29) is 17.1 Å². The Morgan fingerprint density at radius 3 is 2.82 bits per heavy atom. The van der Waals surface area contributed by atoms with Crippen molar-refractivity contribution < 1.29 is 14.3 Å². The first-order valence-electron chi connectivity index (χ1n) is 5.77. The van der Waals surface area contributed by atoms with E-state index >= 15 is 0 Å². The molecule has 0 radical (unpaired) electrons. The molecule has 0 aromatic heterocycles. The van der Waals surface area contributed by atoms with Crippen molar-refractivity contribution >= 4 is 21.9 Å². The summed E-state index contributed by atoms with van der Waals surface area (Å²) in [4.78, 5) is 11.7. The monoisotopic (exact) mass is 298 g/mol. The highest BCUT2D eigenvalue weighted by Gasteiger charge is 2.21. The molecule has 1 aliphatic heterocycles. The molecule has 1 aromatic rings. The lowest BCUT2D eigenvalue weighted by molar-refractivity contribution is -0.0405. The summed E-state index contributed by atoms with van der Waals surface area (Å²) in [7, 11) is 0. The quantitative estimate of drug-likeness (QED) is 0.635. The van der Waals surface area contributed by atoms with E-state index in [0.29, 0.717) is 12.2 Å². The first-order valence-corrected chi connectivity index (χ1v) is 6.69. The van der Waals surface area contributed by atoms with Crippen LogP contribution >= 0.6 is 15.9 Å². The van der Waals surface area contributed by atoms with Gasteiger partial charge in [0, 0.05) is 0 Å². The number of rotatable bonds is 3. The van der Waals surface area contributed by atoms with Crippen molar-refractivity contribution in [1.29, 1.82) is 0 Å². The molecular weight excluding hydrogens is 284 g/mol. The molecule has 17 heavy (non-hydrogen) atoms. The molecule has 1 saturated heterocycles. The van der Waals surface area contributed by atoms with Gasteiger partial charge in [-0.05, 0) is 31.4 Å². The molecule has 0 spiro atoms. The van der Waals surface area contributed by atoms with Crippen LogP contribution in [0.25, 0.3) is 0 Å². The van der Waals surface area contributed by atoms with Gasteiger partial charge in [-0.1, -0.05) is 34.1 Å². The maximum atomic E-state index is 11.7. The largest absolute Gasteiger partial charge is 0.459 e. The average molecular weight is 299 g/mol. The molecule has 3 nitrogen and oxygen atoms in total. The lowest BCUT2D eigenvalue weighted by Gasteiger charge is -2.26. The highest BCUT2D eigenvalue weighted by molar-refractivity contribution is 9.09. The predicted molar refractivity (Wildman–Crippen MR) is 68.2 cm³/mol. The van der Waals surface area contributed by atoms with Gasteiger partial charge in [0.2, 0.25) is 0 Å². The topological polar surface area (TPSA) is 35.5 Å². The average Bonchev–Trinajstić information content (AvgIpc) is 2.37. The van der Waals surface area contributed by atoms with Gasteiger partial charge in [-0.15, -0.1) is 0 Å². The van der Waals surface area contributed by atoms with Crippen LogP contribution in [0.4, 0.5) is 0 Å². The van der Waals surface area contributed by atoms with E-state index in [0.717, 1.165) is 19.3 Å². The fourth-order valence-corrected chi connectivity index (χ4v) is 2.43. The van der Waals surface area contributed by atoms with Crippen molar-refractivity contribution in [3.63, 3.8) is 0 Å². The Labute approximate surface area is 109 Å². The number of alkyl halides is 1. The molecule has 1 fully saturated rings. The summed E-state index contributed by atoms with van der Waals surface area (Å²) in [5, 5.41) is 0.0941. The minimum absolute atomic E-state index is 0.0146. The summed E-state index contributed by atoms with van der Waals surface area (Å²) in [5.74, 6) is -0.286. The van der Waals surface area contributed by atoms with Gasteiger partial charge in [0.05, 0.1) is 11.7 Å². The fourth-order valence-electron chi connectivity index (χ4n) is 1.80.